The van der Waals surface area contributed by atoms with Crippen molar-refractivity contribution in [1.82, 2.24) is 4.72 Å². The van der Waals surface area contributed by atoms with Crippen LogP contribution in [0.5, 0.6) is 0 Å². The van der Waals surface area contributed by atoms with Gasteiger partial charge in [0.05, 0.1) is 0 Å². The summed E-state index contributed by atoms with van der Waals surface area (Å²) in [6, 6.07) is -0.555. The monoisotopic (exact) mass is 215 g/mol. The lowest BCUT2D eigenvalue weighted by Crippen LogP contribution is -2.33. The summed E-state index contributed by atoms with van der Waals surface area (Å²) in [5.74, 6) is -0.556. The number of carboxylic acids is 1. The Morgan fingerprint density at radius 1 is 1.82 bits per heavy atom. The summed E-state index contributed by atoms with van der Waals surface area (Å²) in [5, 5.41) is 8.47. The van der Waals surface area contributed by atoms with Gasteiger partial charge >= 0.3 is 5.97 Å². The molecule has 0 amide bonds. The maximum atomic E-state index is 10.3. The van der Waals surface area contributed by atoms with Crippen molar-refractivity contribution in [2.45, 2.75) is 13.5 Å². The average molecular weight is 215 g/mol. The van der Waals surface area contributed by atoms with Crippen molar-refractivity contribution in [3.05, 3.63) is 0 Å². The summed E-state index contributed by atoms with van der Waals surface area (Å²) in [5.41, 5.74) is 0. The zero-order valence-corrected chi connectivity index (χ0v) is 7.93. The van der Waals surface area contributed by atoms with Crippen LogP contribution < -0.4 is 4.72 Å². The molecule has 3 nitrogen and oxygen atoms in total. The normalized spacial score (nSPS) is 11.8. The lowest BCUT2D eigenvalue weighted by molar-refractivity contribution is -0.138. The van der Waals surface area contributed by atoms with Crippen molar-refractivity contribution >= 4 is 40.4 Å². The molecule has 2 N–H and O–H groups in total. The molecule has 0 unspecified atom stereocenters. The highest BCUT2D eigenvalue weighted by molar-refractivity contribution is 8.75. The summed E-state index contributed by atoms with van der Waals surface area (Å²) in [7, 11) is 2.78. The van der Waals surface area contributed by atoms with Crippen LogP contribution in [0.3, 0.4) is 0 Å². The Hall–Kier alpha value is 0.480. The summed E-state index contributed by atoms with van der Waals surface area (Å²) < 4.78 is 2.72. The first kappa shape index (κ1) is 14.0. The van der Waals surface area contributed by atoms with Gasteiger partial charge in [-0.15, -0.1) is 0 Å². The molecule has 0 aromatic rings. The minimum Gasteiger partial charge on any atom is -0.480 e. The van der Waals surface area contributed by atoms with Gasteiger partial charge < -0.3 is 5.11 Å². The van der Waals surface area contributed by atoms with E-state index < -0.39 is 12.0 Å². The molecule has 0 fully saturated rings. The molecule has 0 saturated carbocycles. The van der Waals surface area contributed by atoms with E-state index in [1.165, 1.54) is 21.8 Å². The van der Waals surface area contributed by atoms with Crippen LogP contribution in [0, 0.1) is 0 Å². The van der Waals surface area contributed by atoms with Crippen LogP contribution in [0.25, 0.3) is 0 Å². The van der Waals surface area contributed by atoms with E-state index in [0.29, 0.717) is 5.75 Å². The quantitative estimate of drug-likeness (QED) is 0.369. The van der Waals surface area contributed by atoms with E-state index in [2.05, 4.69) is 17.4 Å². The number of rotatable bonds is 5. The lowest BCUT2D eigenvalue weighted by atomic mass is 10.4. The first-order valence-electron chi connectivity index (χ1n) is 2.51. The third kappa shape index (κ3) is 6.86. The predicted molar refractivity (Wildman–Crippen MR) is 56.2 cm³/mol. The van der Waals surface area contributed by atoms with Gasteiger partial charge in [-0.3, -0.25) is 4.79 Å². The molecule has 0 radical (unpaired) electrons. The molecule has 0 aromatic carbocycles. The molecule has 0 aliphatic heterocycles. The fourth-order valence-electron chi connectivity index (χ4n) is 0.272. The topological polar surface area (TPSA) is 49.3 Å². The molecule has 68 valence electrons. The van der Waals surface area contributed by atoms with Crippen LogP contribution in [-0.4, -0.2) is 29.1 Å². The molecule has 0 bridgehead atoms. The number of aliphatic carboxylic acids is 1. The van der Waals surface area contributed by atoms with Gasteiger partial charge in [-0.2, -0.15) is 12.6 Å². The number of hydrogen-bond acceptors (Lipinski definition) is 5. The molecule has 0 heterocycles. The van der Waals surface area contributed by atoms with E-state index in [0.717, 1.165) is 0 Å². The first-order valence-corrected chi connectivity index (χ1v) is 5.70. The van der Waals surface area contributed by atoms with Gasteiger partial charge in [0.25, 0.3) is 0 Å². The molecule has 11 heavy (non-hydrogen) atoms. The van der Waals surface area contributed by atoms with Crippen LogP contribution >= 0.6 is 34.4 Å². The molecule has 0 rings (SSSR count). The summed E-state index contributed by atoms with van der Waals surface area (Å²) in [4.78, 5) is 10.3. The summed E-state index contributed by atoms with van der Waals surface area (Å²) in [6.07, 6.45) is 1.87. The van der Waals surface area contributed by atoms with Crippen LogP contribution in [0.2, 0.25) is 0 Å². The van der Waals surface area contributed by atoms with Crippen LogP contribution in [-0.2, 0) is 4.79 Å². The molecule has 0 aromatic heterocycles. The largest absolute Gasteiger partial charge is 0.480 e. The second kappa shape index (κ2) is 8.58. The van der Waals surface area contributed by atoms with Crippen LogP contribution in [0.4, 0.5) is 0 Å². The van der Waals surface area contributed by atoms with Crippen molar-refractivity contribution < 1.29 is 9.90 Å². The number of carboxylic acid groups (broad SMARTS) is 1. The smallest absolute Gasteiger partial charge is 0.322 e. The van der Waals surface area contributed by atoms with E-state index in [9.17, 15) is 4.79 Å². The number of hydrogen-bond donors (Lipinski definition) is 3. The number of nitrogens with one attached hydrogen (secondary N) is 1. The van der Waals surface area contributed by atoms with E-state index in [4.69, 9.17) is 5.11 Å². The standard InChI is InChI=1S/C4H9NO2S3.CH4/c1-9-10-5-3(2-8)4(6)7;/h3,5,8H,2H2,1H3,(H,6,7);1H4/t3-;/m0./s1. The molecule has 1 atom stereocenters. The molecule has 0 aliphatic carbocycles. The predicted octanol–water partition coefficient (Wildman–Crippen LogP) is 1.52. The van der Waals surface area contributed by atoms with E-state index in [-0.39, 0.29) is 7.43 Å². The van der Waals surface area contributed by atoms with Gasteiger partial charge in [-0.25, -0.2) is 4.72 Å². The van der Waals surface area contributed by atoms with Gasteiger partial charge in [-0.1, -0.05) is 18.2 Å². The molecular weight excluding hydrogens is 202 g/mol. The van der Waals surface area contributed by atoms with Gasteiger partial charge in [0.2, 0.25) is 0 Å². The Kier molecular flexibility index (Phi) is 10.9. The van der Waals surface area contributed by atoms with E-state index >= 15 is 0 Å². The highest BCUT2D eigenvalue weighted by Crippen LogP contribution is 2.12. The lowest BCUT2D eigenvalue weighted by Gasteiger charge is -2.07. The highest BCUT2D eigenvalue weighted by Gasteiger charge is 2.13. The zero-order chi connectivity index (χ0) is 7.98. The Morgan fingerprint density at radius 2 is 2.36 bits per heavy atom. The molecule has 0 aliphatic rings. The summed E-state index contributed by atoms with van der Waals surface area (Å²) >= 11 is 3.86. The van der Waals surface area contributed by atoms with Crippen LogP contribution in [0.15, 0.2) is 0 Å². The Morgan fingerprint density at radius 3 is 2.64 bits per heavy atom. The fourth-order valence-corrected chi connectivity index (χ4v) is 1.68. The maximum absolute atomic E-state index is 10.3. The number of thiol groups is 1. The van der Waals surface area contributed by atoms with Crippen molar-refractivity contribution in [2.24, 2.45) is 0 Å². The Labute approximate surface area is 80.6 Å². The second-order valence-corrected chi connectivity index (χ2v) is 4.04. The Bertz CT molecular complexity index is 112. The molecular formula is C5H13NO2S3. The van der Waals surface area contributed by atoms with Gasteiger partial charge in [0.1, 0.15) is 6.04 Å². The van der Waals surface area contributed by atoms with Crippen molar-refractivity contribution in [1.29, 1.82) is 0 Å². The molecule has 0 saturated heterocycles. The fraction of sp³-hybridized carbons (Fsp3) is 0.800. The van der Waals surface area contributed by atoms with Crippen LogP contribution in [0.1, 0.15) is 7.43 Å². The van der Waals surface area contributed by atoms with Gasteiger partial charge in [0, 0.05) is 5.75 Å². The third-order valence-electron chi connectivity index (χ3n) is 0.754. The second-order valence-electron chi connectivity index (χ2n) is 1.44. The highest BCUT2D eigenvalue weighted by atomic mass is 33.1. The van der Waals surface area contributed by atoms with Gasteiger partial charge in [-0.05, 0) is 17.2 Å². The summed E-state index contributed by atoms with van der Waals surface area (Å²) in [6.45, 7) is 0. The van der Waals surface area contributed by atoms with Crippen molar-refractivity contribution in [3.8, 4) is 0 Å². The molecule has 0 spiro atoms. The third-order valence-corrected chi connectivity index (χ3v) is 2.46. The number of carbonyl (C=O) groups is 1. The average Bonchev–Trinajstić information content (AvgIpc) is 1.89. The first-order chi connectivity index (χ1) is 4.72. The van der Waals surface area contributed by atoms with E-state index in [1.807, 2.05) is 6.26 Å². The van der Waals surface area contributed by atoms with Crippen molar-refractivity contribution in [2.75, 3.05) is 12.0 Å². The van der Waals surface area contributed by atoms with E-state index in [1.54, 1.807) is 0 Å². The zero-order valence-electron chi connectivity index (χ0n) is 5.40. The SMILES string of the molecule is C.CSSN[C@@H](CS)C(=O)O. The van der Waals surface area contributed by atoms with Gasteiger partial charge in [0.15, 0.2) is 0 Å². The minimum absolute atomic E-state index is 0. The molecule has 6 heteroatoms. The minimum atomic E-state index is -0.864. The Balaban J connectivity index is 0. The van der Waals surface area contributed by atoms with Crippen molar-refractivity contribution in [3.63, 3.8) is 0 Å². The maximum Gasteiger partial charge on any atom is 0.322 e.